The molecule has 0 unspecified atom stereocenters. The maximum atomic E-state index is 12.7. The van der Waals surface area contributed by atoms with E-state index in [4.69, 9.17) is 0 Å². The summed E-state index contributed by atoms with van der Waals surface area (Å²) in [6, 6.07) is 9.30. The van der Waals surface area contributed by atoms with Crippen LogP contribution in [0.2, 0.25) is 0 Å². The van der Waals surface area contributed by atoms with Crippen molar-refractivity contribution in [3.05, 3.63) is 45.6 Å². The molecule has 2 aromatic heterocycles. The Balaban J connectivity index is 1.49. The number of anilines is 3. The summed E-state index contributed by atoms with van der Waals surface area (Å²) < 4.78 is 8.57. The number of phenols is 1. The zero-order chi connectivity index (χ0) is 19.5. The van der Waals surface area contributed by atoms with Crippen molar-refractivity contribution in [3.63, 3.8) is 0 Å². The maximum Gasteiger partial charge on any atom is 0.257 e. The normalized spacial score (nSPS) is 13.7. The Morgan fingerprint density at radius 2 is 1.96 bits per heavy atom. The molecule has 1 aliphatic rings. The van der Waals surface area contributed by atoms with Crippen LogP contribution in [0.25, 0.3) is 0 Å². The van der Waals surface area contributed by atoms with Crippen LogP contribution in [0.1, 0.15) is 33.0 Å². The van der Waals surface area contributed by atoms with Gasteiger partial charge in [-0.25, -0.2) is 0 Å². The Morgan fingerprint density at radius 1 is 1.18 bits per heavy atom. The van der Waals surface area contributed by atoms with Crippen LogP contribution in [0.5, 0.6) is 5.75 Å². The number of para-hydroxylation sites is 1. The lowest BCUT2D eigenvalue weighted by molar-refractivity contribution is 0.0790. The molecule has 1 saturated heterocycles. The van der Waals surface area contributed by atoms with Crippen LogP contribution in [0.4, 0.5) is 17.3 Å². The number of phenolic OH excluding ortho intramolecular Hbond substituents is 1. The number of benzene rings is 1. The molecular formula is C19H21N5O2S2. The minimum atomic E-state index is -0.138. The van der Waals surface area contributed by atoms with Crippen molar-refractivity contribution in [2.75, 3.05) is 23.7 Å². The molecule has 1 aromatic carbocycles. The van der Waals surface area contributed by atoms with E-state index in [9.17, 15) is 9.90 Å². The second kappa shape index (κ2) is 8.15. The van der Waals surface area contributed by atoms with Gasteiger partial charge in [0.1, 0.15) is 0 Å². The first-order valence-corrected chi connectivity index (χ1v) is 10.7. The van der Waals surface area contributed by atoms with Gasteiger partial charge in [0.15, 0.2) is 17.4 Å². The zero-order valence-corrected chi connectivity index (χ0v) is 17.1. The number of amides is 1. The van der Waals surface area contributed by atoms with Crippen molar-refractivity contribution >= 4 is 46.3 Å². The molecule has 7 nitrogen and oxygen atoms in total. The first-order chi connectivity index (χ1) is 13.6. The minimum absolute atomic E-state index is 0.0627. The molecule has 1 aliphatic heterocycles. The summed E-state index contributed by atoms with van der Waals surface area (Å²) in [6.45, 7) is 4.20. The number of aromatic nitrogens is 2. The Morgan fingerprint density at radius 3 is 2.71 bits per heavy atom. The number of likely N-dealkylation sites (tertiary alicyclic amines) is 1. The average molecular weight is 416 g/mol. The van der Waals surface area contributed by atoms with Gasteiger partial charge in [0.25, 0.3) is 5.91 Å². The average Bonchev–Trinajstić information content (AvgIpc) is 3.43. The smallest absolute Gasteiger partial charge is 0.257 e. The lowest BCUT2D eigenvalue weighted by atomic mass is 10.1. The van der Waals surface area contributed by atoms with Crippen LogP contribution in [-0.4, -0.2) is 37.8 Å². The van der Waals surface area contributed by atoms with Crippen LogP contribution < -0.4 is 10.6 Å². The SMILES string of the molecule is Cc1ccc(CNc2nsnc2Nc2cccc(C(=O)N3CCCC3)c2O)s1. The summed E-state index contributed by atoms with van der Waals surface area (Å²) in [5.41, 5.74) is 0.742. The number of rotatable bonds is 6. The lowest BCUT2D eigenvalue weighted by Crippen LogP contribution is -2.27. The number of thiophene rings is 1. The molecule has 9 heteroatoms. The van der Waals surface area contributed by atoms with Crippen molar-refractivity contribution < 1.29 is 9.90 Å². The Bertz CT molecular complexity index is 978. The van der Waals surface area contributed by atoms with E-state index in [1.165, 1.54) is 9.75 Å². The first kappa shape index (κ1) is 18.7. The van der Waals surface area contributed by atoms with Crippen molar-refractivity contribution in [1.29, 1.82) is 0 Å². The van der Waals surface area contributed by atoms with Crippen molar-refractivity contribution in [2.24, 2.45) is 0 Å². The van der Waals surface area contributed by atoms with Gasteiger partial charge in [-0.1, -0.05) is 6.07 Å². The van der Waals surface area contributed by atoms with Crippen molar-refractivity contribution in [2.45, 2.75) is 26.3 Å². The van der Waals surface area contributed by atoms with E-state index in [0.717, 1.165) is 37.7 Å². The molecule has 0 aliphatic carbocycles. The Kier molecular flexibility index (Phi) is 5.45. The van der Waals surface area contributed by atoms with E-state index in [1.807, 2.05) is 0 Å². The third kappa shape index (κ3) is 3.95. The summed E-state index contributed by atoms with van der Waals surface area (Å²) in [4.78, 5) is 16.9. The van der Waals surface area contributed by atoms with Crippen LogP contribution in [0.3, 0.4) is 0 Å². The molecule has 0 spiro atoms. The monoisotopic (exact) mass is 415 g/mol. The van der Waals surface area contributed by atoms with E-state index < -0.39 is 0 Å². The molecule has 0 radical (unpaired) electrons. The number of hydrogen-bond acceptors (Lipinski definition) is 8. The summed E-state index contributed by atoms with van der Waals surface area (Å²) in [7, 11) is 0. The fourth-order valence-electron chi connectivity index (χ4n) is 3.17. The quantitative estimate of drug-likeness (QED) is 0.523. The largest absolute Gasteiger partial charge is 0.505 e. The highest BCUT2D eigenvalue weighted by Gasteiger charge is 2.23. The topological polar surface area (TPSA) is 90.4 Å². The van der Waals surface area contributed by atoms with E-state index >= 15 is 0 Å². The number of carbonyl (C=O) groups is 1. The Hall–Kier alpha value is -2.65. The lowest BCUT2D eigenvalue weighted by Gasteiger charge is -2.17. The van der Waals surface area contributed by atoms with Crippen LogP contribution in [-0.2, 0) is 6.54 Å². The molecule has 0 bridgehead atoms. The van der Waals surface area contributed by atoms with Gasteiger partial charge in [0, 0.05) is 22.8 Å². The second-order valence-electron chi connectivity index (χ2n) is 6.65. The van der Waals surface area contributed by atoms with E-state index in [0.29, 0.717) is 29.4 Å². The number of hydrogen-bond donors (Lipinski definition) is 3. The third-order valence-electron chi connectivity index (χ3n) is 4.63. The first-order valence-electron chi connectivity index (χ1n) is 9.12. The van der Waals surface area contributed by atoms with Gasteiger partial charge in [-0.2, -0.15) is 8.75 Å². The second-order valence-corrected chi connectivity index (χ2v) is 8.55. The third-order valence-corrected chi connectivity index (χ3v) is 6.16. The van der Waals surface area contributed by atoms with Gasteiger partial charge in [-0.15, -0.1) is 11.3 Å². The van der Waals surface area contributed by atoms with Gasteiger partial charge in [-0.05, 0) is 44.0 Å². The predicted octanol–water partition coefficient (Wildman–Crippen LogP) is 4.21. The highest BCUT2D eigenvalue weighted by molar-refractivity contribution is 7.11. The summed E-state index contributed by atoms with van der Waals surface area (Å²) in [5, 5.41) is 17.0. The molecule has 1 fully saturated rings. The highest BCUT2D eigenvalue weighted by atomic mass is 32.1. The van der Waals surface area contributed by atoms with Gasteiger partial charge in [0.05, 0.1) is 29.5 Å². The highest BCUT2D eigenvalue weighted by Crippen LogP contribution is 2.33. The van der Waals surface area contributed by atoms with E-state index in [1.54, 1.807) is 34.4 Å². The molecule has 0 atom stereocenters. The molecule has 28 heavy (non-hydrogen) atoms. The van der Waals surface area contributed by atoms with Crippen molar-refractivity contribution in [3.8, 4) is 5.75 Å². The zero-order valence-electron chi connectivity index (χ0n) is 15.4. The molecule has 3 heterocycles. The molecular weight excluding hydrogens is 394 g/mol. The standard InChI is InChI=1S/C19H21N5O2S2/c1-12-7-8-13(27-12)11-20-17-18(23-28-22-17)21-15-6-4-5-14(16(15)25)19(26)24-9-2-3-10-24/h4-8,25H,2-3,9-11H2,1H3,(H,20,22)(H,21,23). The number of carbonyl (C=O) groups excluding carboxylic acids is 1. The predicted molar refractivity (Wildman–Crippen MR) is 113 cm³/mol. The number of nitrogens with zero attached hydrogens (tertiary/aromatic N) is 3. The molecule has 3 N–H and O–H groups in total. The molecule has 146 valence electrons. The van der Waals surface area contributed by atoms with Gasteiger partial charge in [-0.3, -0.25) is 4.79 Å². The van der Waals surface area contributed by atoms with Crippen molar-refractivity contribution in [1.82, 2.24) is 13.6 Å². The molecule has 0 saturated carbocycles. The molecule has 4 rings (SSSR count). The van der Waals surface area contributed by atoms with E-state index in [-0.39, 0.29) is 11.7 Å². The minimum Gasteiger partial charge on any atom is -0.505 e. The van der Waals surface area contributed by atoms with Gasteiger partial charge < -0.3 is 20.6 Å². The van der Waals surface area contributed by atoms with Crippen LogP contribution in [0, 0.1) is 6.92 Å². The number of aromatic hydroxyl groups is 1. The fraction of sp³-hybridized carbons (Fsp3) is 0.316. The van der Waals surface area contributed by atoms with E-state index in [2.05, 4.69) is 38.4 Å². The number of aryl methyl sites for hydroxylation is 1. The molecule has 3 aromatic rings. The summed E-state index contributed by atoms with van der Waals surface area (Å²) in [6.07, 6.45) is 2.02. The van der Waals surface area contributed by atoms with Crippen LogP contribution in [0.15, 0.2) is 30.3 Å². The molecule has 1 amide bonds. The van der Waals surface area contributed by atoms with Gasteiger partial charge in [0.2, 0.25) is 0 Å². The maximum absolute atomic E-state index is 12.7. The van der Waals surface area contributed by atoms with Gasteiger partial charge >= 0.3 is 0 Å². The fourth-order valence-corrected chi connectivity index (χ4v) is 4.49. The van der Waals surface area contributed by atoms with Crippen LogP contribution >= 0.6 is 23.1 Å². The summed E-state index contributed by atoms with van der Waals surface area (Å²) >= 11 is 2.81. The number of nitrogens with one attached hydrogen (secondary N) is 2. The Labute approximate surface area is 171 Å². The summed E-state index contributed by atoms with van der Waals surface area (Å²) in [5.74, 6) is 0.944.